The first kappa shape index (κ1) is 12.5. The van der Waals surface area contributed by atoms with Crippen LogP contribution in [0, 0.1) is 0 Å². The first-order valence-corrected chi connectivity index (χ1v) is 5.84. The van der Waals surface area contributed by atoms with Gasteiger partial charge in [-0.15, -0.1) is 0 Å². The Bertz CT molecular complexity index is 601. The van der Waals surface area contributed by atoms with E-state index < -0.39 is 0 Å². The molecule has 7 nitrogen and oxygen atoms in total. The number of aromatic amines is 1. The fourth-order valence-corrected chi connectivity index (χ4v) is 2.04. The molecule has 2 heterocycles. The Morgan fingerprint density at radius 1 is 1.50 bits per heavy atom. The van der Waals surface area contributed by atoms with Gasteiger partial charge in [-0.05, 0) is 11.8 Å². The summed E-state index contributed by atoms with van der Waals surface area (Å²) in [5, 5.41) is 1.05. The summed E-state index contributed by atoms with van der Waals surface area (Å²) in [7, 11) is 1.55. The third kappa shape index (κ3) is 3.28. The highest BCUT2D eigenvalue weighted by Gasteiger charge is 2.06. The largest absolute Gasteiger partial charge is 0.384 e. The van der Waals surface area contributed by atoms with Gasteiger partial charge in [0.15, 0.2) is 11.0 Å². The van der Waals surface area contributed by atoms with Crippen molar-refractivity contribution >= 4 is 17.6 Å². The zero-order chi connectivity index (χ0) is 13.0. The Kier molecular flexibility index (Phi) is 3.90. The lowest BCUT2D eigenvalue weighted by Gasteiger charge is -2.04. The summed E-state index contributed by atoms with van der Waals surface area (Å²) in [5.41, 5.74) is 5.44. The minimum absolute atomic E-state index is 0.216. The summed E-state index contributed by atoms with van der Waals surface area (Å²) in [4.78, 5) is 26.0. The predicted octanol–water partition coefficient (Wildman–Crippen LogP) is 0.440. The number of nitrogens with one attached hydrogen (secondary N) is 1. The molecule has 0 aromatic carbocycles. The predicted molar refractivity (Wildman–Crippen MR) is 66.1 cm³/mol. The lowest BCUT2D eigenvalue weighted by atomic mass is 10.5. The van der Waals surface area contributed by atoms with Gasteiger partial charge in [0.1, 0.15) is 17.5 Å². The van der Waals surface area contributed by atoms with E-state index in [1.54, 1.807) is 13.2 Å². The molecule has 0 radical (unpaired) electrons. The number of aromatic nitrogens is 4. The molecule has 0 saturated carbocycles. The van der Waals surface area contributed by atoms with Crippen molar-refractivity contribution in [3.63, 3.8) is 0 Å². The van der Waals surface area contributed by atoms with Gasteiger partial charge in [0.25, 0.3) is 5.56 Å². The average Bonchev–Trinajstić information content (AvgIpc) is 2.28. The topological polar surface area (TPSA) is 107 Å². The van der Waals surface area contributed by atoms with Gasteiger partial charge in [0, 0.05) is 25.4 Å². The normalized spacial score (nSPS) is 10.5. The highest BCUT2D eigenvalue weighted by molar-refractivity contribution is 7.99. The molecule has 0 unspecified atom stereocenters. The van der Waals surface area contributed by atoms with Crippen LogP contribution in [-0.2, 0) is 11.3 Å². The van der Waals surface area contributed by atoms with Gasteiger partial charge in [-0.25, -0.2) is 15.0 Å². The lowest BCUT2D eigenvalue weighted by Crippen LogP contribution is -2.06. The minimum atomic E-state index is -0.216. The summed E-state index contributed by atoms with van der Waals surface area (Å²) in [5.74, 6) is 0.830. The van der Waals surface area contributed by atoms with Crippen LogP contribution in [0.1, 0.15) is 5.82 Å². The first-order valence-electron chi connectivity index (χ1n) is 5.03. The highest BCUT2D eigenvalue weighted by Crippen LogP contribution is 2.22. The summed E-state index contributed by atoms with van der Waals surface area (Å²) < 4.78 is 4.94. The quantitative estimate of drug-likeness (QED) is 0.610. The number of hydrogen-bond donors (Lipinski definition) is 2. The van der Waals surface area contributed by atoms with E-state index >= 15 is 0 Å². The number of methoxy groups -OCH3 is 1. The Hall–Kier alpha value is -1.93. The van der Waals surface area contributed by atoms with E-state index in [2.05, 4.69) is 19.9 Å². The molecular weight excluding hydrogens is 254 g/mol. The fraction of sp³-hybridized carbons (Fsp3) is 0.200. The van der Waals surface area contributed by atoms with Crippen LogP contribution < -0.4 is 11.3 Å². The summed E-state index contributed by atoms with van der Waals surface area (Å²) >= 11 is 1.20. The number of rotatable bonds is 4. The molecule has 0 bridgehead atoms. The van der Waals surface area contributed by atoms with E-state index in [1.165, 1.54) is 24.0 Å². The van der Waals surface area contributed by atoms with E-state index in [1.807, 2.05) is 0 Å². The maximum absolute atomic E-state index is 11.1. The van der Waals surface area contributed by atoms with Gasteiger partial charge >= 0.3 is 0 Å². The number of H-pyrrole nitrogens is 1. The third-order valence-corrected chi connectivity index (χ3v) is 2.71. The van der Waals surface area contributed by atoms with Crippen molar-refractivity contribution in [3.8, 4) is 0 Å². The summed E-state index contributed by atoms with van der Waals surface area (Å²) in [6, 6.07) is 2.95. The minimum Gasteiger partial charge on any atom is -0.384 e. The van der Waals surface area contributed by atoms with Gasteiger partial charge in [0.05, 0.1) is 0 Å². The monoisotopic (exact) mass is 265 g/mol. The Labute approximate surface area is 107 Å². The van der Waals surface area contributed by atoms with E-state index in [4.69, 9.17) is 10.5 Å². The Balaban J connectivity index is 2.25. The molecule has 0 atom stereocenters. The second-order valence-corrected chi connectivity index (χ2v) is 4.33. The lowest BCUT2D eigenvalue weighted by molar-refractivity contribution is 0.177. The maximum Gasteiger partial charge on any atom is 0.251 e. The van der Waals surface area contributed by atoms with Crippen LogP contribution in [0.4, 0.5) is 5.82 Å². The van der Waals surface area contributed by atoms with Crippen LogP contribution in [0.5, 0.6) is 0 Å². The number of nitrogens with zero attached hydrogens (tertiary/aromatic N) is 3. The number of ether oxygens (including phenoxy) is 1. The van der Waals surface area contributed by atoms with Crippen LogP contribution in [0.2, 0.25) is 0 Å². The van der Waals surface area contributed by atoms with E-state index in [9.17, 15) is 4.79 Å². The molecular formula is C10H11N5O2S. The molecule has 0 aliphatic rings. The van der Waals surface area contributed by atoms with Crippen molar-refractivity contribution < 1.29 is 4.74 Å². The van der Waals surface area contributed by atoms with Crippen LogP contribution in [0.3, 0.4) is 0 Å². The molecule has 18 heavy (non-hydrogen) atoms. The van der Waals surface area contributed by atoms with Crippen LogP contribution in [0.25, 0.3) is 0 Å². The number of hydrogen-bond acceptors (Lipinski definition) is 7. The van der Waals surface area contributed by atoms with Crippen molar-refractivity contribution in [3.05, 3.63) is 34.5 Å². The van der Waals surface area contributed by atoms with E-state index in [-0.39, 0.29) is 12.2 Å². The van der Waals surface area contributed by atoms with Crippen molar-refractivity contribution in [1.29, 1.82) is 0 Å². The zero-order valence-electron chi connectivity index (χ0n) is 9.58. The molecule has 2 rings (SSSR count). The van der Waals surface area contributed by atoms with Gasteiger partial charge in [0.2, 0.25) is 0 Å². The summed E-state index contributed by atoms with van der Waals surface area (Å²) in [6.07, 6.45) is 1.43. The molecule has 2 aromatic heterocycles. The van der Waals surface area contributed by atoms with E-state index in [0.29, 0.717) is 21.8 Å². The first-order chi connectivity index (χ1) is 8.67. The second-order valence-electron chi connectivity index (χ2n) is 3.32. The van der Waals surface area contributed by atoms with Crippen LogP contribution in [0.15, 0.2) is 33.3 Å². The van der Waals surface area contributed by atoms with Crippen molar-refractivity contribution in [1.82, 2.24) is 19.9 Å². The smallest absolute Gasteiger partial charge is 0.251 e. The van der Waals surface area contributed by atoms with Crippen LogP contribution >= 0.6 is 11.8 Å². The molecule has 3 N–H and O–H groups in total. The molecule has 94 valence electrons. The number of nitrogen functional groups attached to an aromatic ring is 1. The van der Waals surface area contributed by atoms with E-state index in [0.717, 1.165) is 0 Å². The second kappa shape index (κ2) is 5.61. The Morgan fingerprint density at radius 3 is 3.06 bits per heavy atom. The molecule has 0 fully saturated rings. The summed E-state index contributed by atoms with van der Waals surface area (Å²) in [6.45, 7) is 0.275. The molecule has 2 aromatic rings. The van der Waals surface area contributed by atoms with Crippen LogP contribution in [-0.4, -0.2) is 27.0 Å². The Morgan fingerprint density at radius 2 is 2.33 bits per heavy atom. The highest BCUT2D eigenvalue weighted by atomic mass is 32.2. The van der Waals surface area contributed by atoms with Gasteiger partial charge in [-0.1, -0.05) is 0 Å². The van der Waals surface area contributed by atoms with Gasteiger partial charge in [-0.3, -0.25) is 4.79 Å². The van der Waals surface area contributed by atoms with Crippen molar-refractivity contribution in [2.45, 2.75) is 16.8 Å². The average molecular weight is 265 g/mol. The molecule has 0 aliphatic heterocycles. The molecule has 0 saturated heterocycles. The van der Waals surface area contributed by atoms with Crippen molar-refractivity contribution in [2.75, 3.05) is 12.8 Å². The molecule has 0 aliphatic carbocycles. The molecule has 0 amide bonds. The standard InChI is InChI=1S/C10H11N5O2S/c1-17-5-7-13-6(11)4-9(14-7)18-10-12-3-2-8(16)15-10/h2-4H,5H2,1H3,(H2,11,13,14)(H,12,15,16). The van der Waals surface area contributed by atoms with Gasteiger partial charge in [-0.2, -0.15) is 0 Å². The maximum atomic E-state index is 11.1. The fourth-order valence-electron chi connectivity index (χ4n) is 1.24. The zero-order valence-corrected chi connectivity index (χ0v) is 10.4. The SMILES string of the molecule is COCc1nc(N)cc(Sc2nccc(=O)[nH]2)n1. The third-order valence-electron chi connectivity index (χ3n) is 1.89. The molecule has 0 spiro atoms. The molecule has 8 heteroatoms. The van der Waals surface area contributed by atoms with Crippen molar-refractivity contribution in [2.24, 2.45) is 0 Å². The number of nitrogens with two attached hydrogens (primary N) is 1. The van der Waals surface area contributed by atoms with Gasteiger partial charge < -0.3 is 15.5 Å². The number of anilines is 1.